The van der Waals surface area contributed by atoms with E-state index < -0.39 is 53.3 Å². The third-order valence-corrected chi connectivity index (χ3v) is 2.40. The first-order chi connectivity index (χ1) is 8.73. The van der Waals surface area contributed by atoms with Crippen molar-refractivity contribution < 1.29 is 33.7 Å². The van der Waals surface area contributed by atoms with E-state index in [0.717, 1.165) is 0 Å². The molecule has 104 valence electrons. The van der Waals surface area contributed by atoms with Gasteiger partial charge >= 0.3 is 5.97 Å². The molecule has 19 heavy (non-hydrogen) atoms. The summed E-state index contributed by atoms with van der Waals surface area (Å²) in [5, 5.41) is 27.5. The molecule has 0 heterocycles. The van der Waals surface area contributed by atoms with E-state index in [1.54, 1.807) is 0 Å². The second-order valence-corrected chi connectivity index (χ2v) is 3.84. The highest BCUT2D eigenvalue weighted by Crippen LogP contribution is 2.26. The number of nitrogens with two attached hydrogens (primary N) is 1. The lowest BCUT2D eigenvalue weighted by atomic mass is 9.99. The first kappa shape index (κ1) is 15.0. The van der Waals surface area contributed by atoms with Crippen molar-refractivity contribution in [1.29, 1.82) is 0 Å². The highest BCUT2D eigenvalue weighted by molar-refractivity contribution is 5.87. The molecule has 0 bridgehead atoms. The number of aliphatic hydroxyl groups excluding tert-OH is 2. The molecule has 0 saturated heterocycles. The summed E-state index contributed by atoms with van der Waals surface area (Å²) >= 11 is 0. The van der Waals surface area contributed by atoms with Crippen LogP contribution in [0.4, 0.5) is 8.78 Å². The molecule has 6 nitrogen and oxygen atoms in total. The number of halogens is 2. The fourth-order valence-corrected chi connectivity index (χ4v) is 1.50. The van der Waals surface area contributed by atoms with Crippen molar-refractivity contribution in [2.24, 2.45) is 5.73 Å². The predicted molar refractivity (Wildman–Crippen MR) is 58.1 cm³/mol. The number of amides is 1. The second kappa shape index (κ2) is 5.72. The molecule has 2 unspecified atom stereocenters. The number of hydrogen-bond acceptors (Lipinski definition) is 4. The van der Waals surface area contributed by atoms with Crippen molar-refractivity contribution in [3.05, 3.63) is 34.9 Å². The minimum atomic E-state index is -2.03. The Bertz CT molecular complexity index is 497. The van der Waals surface area contributed by atoms with Crippen LogP contribution >= 0.6 is 0 Å². The van der Waals surface area contributed by atoms with Crippen molar-refractivity contribution in [2.45, 2.75) is 18.6 Å². The van der Waals surface area contributed by atoms with Gasteiger partial charge < -0.3 is 21.1 Å². The molecular formula is C11H11F2NO5. The molecule has 1 amide bonds. The van der Waals surface area contributed by atoms with Crippen LogP contribution in [0.5, 0.6) is 0 Å². The third kappa shape index (κ3) is 3.46. The maximum absolute atomic E-state index is 13.5. The first-order valence-electron chi connectivity index (χ1n) is 5.10. The smallest absolute Gasteiger partial charge is 0.335 e. The standard InChI is InChI=1S/C11H11F2NO5/c12-5-1-4(11(18)19)2-6(13)9(5)10(17)7(15)3-8(14)16/h1-2,7,10,15,17H,3H2,(H2,14,16)(H,18,19). The molecule has 8 heteroatoms. The maximum Gasteiger partial charge on any atom is 0.335 e. The van der Waals surface area contributed by atoms with Gasteiger partial charge in [0, 0.05) is 0 Å². The van der Waals surface area contributed by atoms with Gasteiger partial charge in [-0.05, 0) is 12.1 Å². The number of aliphatic hydroxyl groups is 2. The lowest BCUT2D eigenvalue weighted by molar-refractivity contribution is -0.121. The van der Waals surface area contributed by atoms with E-state index in [9.17, 15) is 28.6 Å². The number of carbonyl (C=O) groups is 2. The van der Waals surface area contributed by atoms with Gasteiger partial charge in [-0.25, -0.2) is 13.6 Å². The van der Waals surface area contributed by atoms with Gasteiger partial charge in [-0.1, -0.05) is 0 Å². The highest BCUT2D eigenvalue weighted by atomic mass is 19.1. The van der Waals surface area contributed by atoms with Crippen molar-refractivity contribution in [3.63, 3.8) is 0 Å². The number of hydrogen-bond donors (Lipinski definition) is 4. The van der Waals surface area contributed by atoms with E-state index in [1.807, 2.05) is 0 Å². The summed E-state index contributed by atoms with van der Waals surface area (Å²) in [5.74, 6) is -5.19. The summed E-state index contributed by atoms with van der Waals surface area (Å²) in [4.78, 5) is 21.1. The van der Waals surface area contributed by atoms with Crippen LogP contribution in [0.25, 0.3) is 0 Å². The fourth-order valence-electron chi connectivity index (χ4n) is 1.50. The van der Waals surface area contributed by atoms with Gasteiger partial charge in [-0.15, -0.1) is 0 Å². The van der Waals surface area contributed by atoms with Crippen molar-refractivity contribution in [2.75, 3.05) is 0 Å². The molecule has 0 fully saturated rings. The summed E-state index contributed by atoms with van der Waals surface area (Å²) in [6, 6.07) is 1.00. The molecule has 5 N–H and O–H groups in total. The quantitative estimate of drug-likeness (QED) is 0.599. The van der Waals surface area contributed by atoms with Crippen LogP contribution in [0.1, 0.15) is 28.4 Å². The molecule has 1 aromatic rings. The zero-order valence-electron chi connectivity index (χ0n) is 9.51. The number of aromatic carboxylic acids is 1. The number of rotatable bonds is 5. The van der Waals surface area contributed by atoms with Gasteiger partial charge in [0.15, 0.2) is 0 Å². The molecule has 1 aromatic carbocycles. The normalized spacial score (nSPS) is 13.9. The summed E-state index contributed by atoms with van der Waals surface area (Å²) in [7, 11) is 0. The molecule has 0 aliphatic carbocycles. The molecule has 0 aromatic heterocycles. The maximum atomic E-state index is 13.5. The lowest BCUT2D eigenvalue weighted by Crippen LogP contribution is -2.27. The summed E-state index contributed by atoms with van der Waals surface area (Å²) < 4.78 is 27.1. The van der Waals surface area contributed by atoms with E-state index in [-0.39, 0.29) is 0 Å². The average Bonchev–Trinajstić information content (AvgIpc) is 2.26. The van der Waals surface area contributed by atoms with Crippen LogP contribution in [0.3, 0.4) is 0 Å². The van der Waals surface area contributed by atoms with Gasteiger partial charge in [0.05, 0.1) is 23.7 Å². The minimum absolute atomic E-state index is 0.501. The topological polar surface area (TPSA) is 121 Å². The summed E-state index contributed by atoms with van der Waals surface area (Å²) in [6.45, 7) is 0. The number of carbonyl (C=O) groups excluding carboxylic acids is 1. The molecule has 0 saturated carbocycles. The van der Waals surface area contributed by atoms with E-state index in [1.165, 1.54) is 0 Å². The van der Waals surface area contributed by atoms with Crippen LogP contribution in [0, 0.1) is 11.6 Å². The van der Waals surface area contributed by atoms with Gasteiger partial charge in [0.1, 0.15) is 17.7 Å². The Labute approximate surface area is 106 Å². The van der Waals surface area contributed by atoms with Crippen molar-refractivity contribution >= 4 is 11.9 Å². The molecule has 0 spiro atoms. The minimum Gasteiger partial charge on any atom is -0.478 e. The average molecular weight is 275 g/mol. The van der Waals surface area contributed by atoms with Gasteiger partial charge in [-0.3, -0.25) is 4.79 Å². The molecule has 2 atom stereocenters. The summed E-state index contributed by atoms with van der Waals surface area (Å²) in [6.07, 6.45) is -4.52. The van der Waals surface area contributed by atoms with Crippen molar-refractivity contribution in [1.82, 2.24) is 0 Å². The Morgan fingerprint density at radius 3 is 2.05 bits per heavy atom. The molecule has 0 radical (unpaired) electrons. The highest BCUT2D eigenvalue weighted by Gasteiger charge is 2.27. The van der Waals surface area contributed by atoms with E-state index >= 15 is 0 Å². The van der Waals surface area contributed by atoms with Crippen LogP contribution < -0.4 is 5.73 Å². The number of primary amides is 1. The third-order valence-electron chi connectivity index (χ3n) is 2.40. The number of benzene rings is 1. The Morgan fingerprint density at radius 1 is 1.21 bits per heavy atom. The van der Waals surface area contributed by atoms with E-state index in [0.29, 0.717) is 12.1 Å². The summed E-state index contributed by atoms with van der Waals surface area (Å²) in [5.41, 5.74) is 3.21. The monoisotopic (exact) mass is 275 g/mol. The lowest BCUT2D eigenvalue weighted by Gasteiger charge is -2.18. The van der Waals surface area contributed by atoms with Gasteiger partial charge in [0.2, 0.25) is 5.91 Å². The van der Waals surface area contributed by atoms with Crippen LogP contribution in [-0.2, 0) is 4.79 Å². The number of carboxylic acids is 1. The van der Waals surface area contributed by atoms with Crippen molar-refractivity contribution in [3.8, 4) is 0 Å². The van der Waals surface area contributed by atoms with Crippen LogP contribution in [0.15, 0.2) is 12.1 Å². The molecular weight excluding hydrogens is 264 g/mol. The van der Waals surface area contributed by atoms with Crippen LogP contribution in [0.2, 0.25) is 0 Å². The largest absolute Gasteiger partial charge is 0.478 e. The van der Waals surface area contributed by atoms with E-state index in [4.69, 9.17) is 10.8 Å². The predicted octanol–water partition coefficient (Wildman–Crippen LogP) is -0.0673. The first-order valence-corrected chi connectivity index (χ1v) is 5.10. The second-order valence-electron chi connectivity index (χ2n) is 3.84. The Balaban J connectivity index is 3.13. The van der Waals surface area contributed by atoms with Gasteiger partial charge in [0.25, 0.3) is 0 Å². The SMILES string of the molecule is NC(=O)CC(O)C(O)c1c(F)cc(C(=O)O)cc1F. The molecule has 0 aliphatic heterocycles. The fraction of sp³-hybridized carbons (Fsp3) is 0.273. The zero-order chi connectivity index (χ0) is 14.7. The zero-order valence-corrected chi connectivity index (χ0v) is 9.51. The van der Waals surface area contributed by atoms with Gasteiger partial charge in [-0.2, -0.15) is 0 Å². The van der Waals surface area contributed by atoms with Crippen LogP contribution in [-0.4, -0.2) is 33.3 Å². The number of carboxylic acid groups (broad SMARTS) is 1. The Kier molecular flexibility index (Phi) is 4.52. The Hall–Kier alpha value is -2.06. The molecule has 1 rings (SSSR count). The van der Waals surface area contributed by atoms with E-state index in [2.05, 4.69) is 0 Å². The molecule has 0 aliphatic rings. The Morgan fingerprint density at radius 2 is 1.68 bits per heavy atom.